The van der Waals surface area contributed by atoms with Crippen LogP contribution >= 0.6 is 0 Å². The molecule has 2 nitrogen and oxygen atoms in total. The molecule has 1 unspecified atom stereocenters. The Morgan fingerprint density at radius 1 is 1.21 bits per heavy atom. The maximum Gasteiger partial charge on any atom is 0.149 e. The SMILES string of the molecule is CCCCN(c1c(F)cc(CN)cc1F)C(C)CC. The lowest BCUT2D eigenvalue weighted by Crippen LogP contribution is -2.35. The molecule has 0 fully saturated rings. The highest BCUT2D eigenvalue weighted by molar-refractivity contribution is 5.51. The summed E-state index contributed by atoms with van der Waals surface area (Å²) in [7, 11) is 0. The molecule has 0 amide bonds. The Kier molecular flexibility index (Phi) is 6.22. The van der Waals surface area contributed by atoms with Gasteiger partial charge in [-0.3, -0.25) is 0 Å². The van der Waals surface area contributed by atoms with E-state index >= 15 is 0 Å². The minimum absolute atomic E-state index is 0.0833. The van der Waals surface area contributed by atoms with Gasteiger partial charge in [-0.1, -0.05) is 20.3 Å². The topological polar surface area (TPSA) is 29.3 Å². The molecule has 0 aliphatic rings. The van der Waals surface area contributed by atoms with Crippen LogP contribution in [0.15, 0.2) is 12.1 Å². The van der Waals surface area contributed by atoms with E-state index in [0.29, 0.717) is 12.1 Å². The molecule has 108 valence electrons. The molecule has 2 N–H and O–H groups in total. The standard InChI is InChI=1S/C15H24F2N2/c1-4-6-7-19(11(3)5-2)15-13(16)8-12(10-18)9-14(15)17/h8-9,11H,4-7,10,18H2,1-3H3. The Hall–Kier alpha value is -1.16. The maximum atomic E-state index is 14.1. The molecule has 0 bridgehead atoms. The molecule has 0 saturated heterocycles. The van der Waals surface area contributed by atoms with Crippen LogP contribution in [0.2, 0.25) is 0 Å². The van der Waals surface area contributed by atoms with Gasteiger partial charge in [0.25, 0.3) is 0 Å². The predicted octanol–water partition coefficient (Wildman–Crippen LogP) is 3.83. The van der Waals surface area contributed by atoms with Gasteiger partial charge in [0.1, 0.15) is 17.3 Å². The minimum atomic E-state index is -0.517. The zero-order valence-electron chi connectivity index (χ0n) is 12.0. The van der Waals surface area contributed by atoms with E-state index in [9.17, 15) is 8.78 Å². The van der Waals surface area contributed by atoms with Gasteiger partial charge >= 0.3 is 0 Å². The third-order valence-electron chi connectivity index (χ3n) is 3.48. The van der Waals surface area contributed by atoms with Crippen molar-refractivity contribution in [1.29, 1.82) is 0 Å². The lowest BCUT2D eigenvalue weighted by atomic mass is 10.1. The molecule has 0 heterocycles. The van der Waals surface area contributed by atoms with Crippen LogP contribution in [-0.2, 0) is 6.54 Å². The number of halogens is 2. The highest BCUT2D eigenvalue weighted by Crippen LogP contribution is 2.27. The van der Waals surface area contributed by atoms with E-state index in [1.807, 2.05) is 18.7 Å². The third-order valence-corrected chi connectivity index (χ3v) is 3.48. The average Bonchev–Trinajstić information content (AvgIpc) is 2.40. The highest BCUT2D eigenvalue weighted by Gasteiger charge is 2.21. The zero-order chi connectivity index (χ0) is 14.4. The quantitative estimate of drug-likeness (QED) is 0.816. The fraction of sp³-hybridized carbons (Fsp3) is 0.600. The van der Waals surface area contributed by atoms with Gasteiger partial charge in [0.05, 0.1) is 0 Å². The fourth-order valence-electron chi connectivity index (χ4n) is 2.11. The van der Waals surface area contributed by atoms with E-state index in [0.717, 1.165) is 19.3 Å². The number of unbranched alkanes of at least 4 members (excludes halogenated alkanes) is 1. The first-order valence-electron chi connectivity index (χ1n) is 6.99. The monoisotopic (exact) mass is 270 g/mol. The summed E-state index contributed by atoms with van der Waals surface area (Å²) in [6, 6.07) is 2.78. The van der Waals surface area contributed by atoms with Gasteiger partial charge < -0.3 is 10.6 Å². The molecule has 0 aliphatic carbocycles. The number of nitrogens with two attached hydrogens (primary N) is 1. The molecule has 0 aromatic heterocycles. The van der Waals surface area contributed by atoms with Crippen LogP contribution in [0.5, 0.6) is 0 Å². The summed E-state index contributed by atoms with van der Waals surface area (Å²) in [5.41, 5.74) is 6.00. The molecule has 19 heavy (non-hydrogen) atoms. The van der Waals surface area contributed by atoms with Crippen molar-refractivity contribution >= 4 is 5.69 Å². The van der Waals surface area contributed by atoms with Crippen LogP contribution in [0.25, 0.3) is 0 Å². The van der Waals surface area contributed by atoms with Crippen LogP contribution in [0.3, 0.4) is 0 Å². The minimum Gasteiger partial charge on any atom is -0.364 e. The molecular weight excluding hydrogens is 246 g/mol. The summed E-state index contributed by atoms with van der Waals surface area (Å²) in [5.74, 6) is -1.03. The molecule has 0 aliphatic heterocycles. The van der Waals surface area contributed by atoms with Crippen molar-refractivity contribution in [3.05, 3.63) is 29.3 Å². The first-order chi connectivity index (χ1) is 9.04. The Labute approximate surface area is 114 Å². The van der Waals surface area contributed by atoms with Gasteiger partial charge in [-0.2, -0.15) is 0 Å². The Bertz CT molecular complexity index is 384. The summed E-state index contributed by atoms with van der Waals surface area (Å²) in [4.78, 5) is 1.83. The second-order valence-electron chi connectivity index (χ2n) is 4.92. The van der Waals surface area contributed by atoms with Gasteiger partial charge in [0.2, 0.25) is 0 Å². The summed E-state index contributed by atoms with van der Waals surface area (Å²) in [6.07, 6.45) is 2.76. The average molecular weight is 270 g/mol. The van der Waals surface area contributed by atoms with Crippen molar-refractivity contribution in [2.24, 2.45) is 5.73 Å². The van der Waals surface area contributed by atoms with E-state index in [1.54, 1.807) is 0 Å². The maximum absolute atomic E-state index is 14.1. The van der Waals surface area contributed by atoms with Crippen molar-refractivity contribution < 1.29 is 8.78 Å². The van der Waals surface area contributed by atoms with Crippen LogP contribution < -0.4 is 10.6 Å². The number of nitrogens with zero attached hydrogens (tertiary/aromatic N) is 1. The summed E-state index contributed by atoms with van der Waals surface area (Å²) in [5, 5.41) is 0. The third kappa shape index (κ3) is 3.90. The van der Waals surface area contributed by atoms with Crippen LogP contribution in [0.1, 0.15) is 45.6 Å². The van der Waals surface area contributed by atoms with Crippen molar-refractivity contribution in [3.63, 3.8) is 0 Å². The number of benzene rings is 1. The largest absolute Gasteiger partial charge is 0.364 e. The summed E-state index contributed by atoms with van der Waals surface area (Å²) >= 11 is 0. The Balaban J connectivity index is 3.14. The molecule has 4 heteroatoms. The molecule has 1 atom stereocenters. The number of anilines is 1. The number of rotatable bonds is 7. The van der Waals surface area contributed by atoms with Crippen molar-refractivity contribution in [1.82, 2.24) is 0 Å². The highest BCUT2D eigenvalue weighted by atomic mass is 19.1. The van der Waals surface area contributed by atoms with Crippen molar-refractivity contribution in [2.45, 2.75) is 52.6 Å². The van der Waals surface area contributed by atoms with Crippen LogP contribution in [-0.4, -0.2) is 12.6 Å². The molecular formula is C15H24F2N2. The van der Waals surface area contributed by atoms with Crippen LogP contribution in [0.4, 0.5) is 14.5 Å². The van der Waals surface area contributed by atoms with Crippen molar-refractivity contribution in [2.75, 3.05) is 11.4 Å². The lowest BCUT2D eigenvalue weighted by Gasteiger charge is -2.31. The van der Waals surface area contributed by atoms with E-state index < -0.39 is 11.6 Å². The van der Waals surface area contributed by atoms with E-state index in [-0.39, 0.29) is 18.3 Å². The van der Waals surface area contributed by atoms with Gasteiger partial charge in [-0.05, 0) is 37.5 Å². The molecule has 0 saturated carbocycles. The Morgan fingerprint density at radius 2 is 1.79 bits per heavy atom. The second-order valence-corrected chi connectivity index (χ2v) is 4.92. The second kappa shape index (κ2) is 7.43. The van der Waals surface area contributed by atoms with Gasteiger partial charge in [0, 0.05) is 19.1 Å². The molecule has 1 rings (SSSR count). The number of hydrogen-bond acceptors (Lipinski definition) is 2. The number of hydrogen-bond donors (Lipinski definition) is 1. The molecule has 0 radical (unpaired) electrons. The van der Waals surface area contributed by atoms with E-state index in [2.05, 4.69) is 6.92 Å². The van der Waals surface area contributed by atoms with E-state index in [4.69, 9.17) is 5.73 Å². The molecule has 1 aromatic rings. The fourth-order valence-corrected chi connectivity index (χ4v) is 2.11. The normalized spacial score (nSPS) is 12.5. The van der Waals surface area contributed by atoms with Crippen LogP contribution in [0, 0.1) is 11.6 Å². The summed E-state index contributed by atoms with van der Waals surface area (Å²) < 4.78 is 28.3. The molecule has 1 aromatic carbocycles. The van der Waals surface area contributed by atoms with Gasteiger partial charge in [-0.15, -0.1) is 0 Å². The summed E-state index contributed by atoms with van der Waals surface area (Å²) in [6.45, 7) is 6.89. The van der Waals surface area contributed by atoms with E-state index in [1.165, 1.54) is 12.1 Å². The first kappa shape index (κ1) is 15.9. The molecule has 0 spiro atoms. The van der Waals surface area contributed by atoms with Gasteiger partial charge in [-0.25, -0.2) is 8.78 Å². The zero-order valence-corrected chi connectivity index (χ0v) is 12.0. The lowest BCUT2D eigenvalue weighted by molar-refractivity contribution is 0.531. The predicted molar refractivity (Wildman–Crippen MR) is 76.3 cm³/mol. The van der Waals surface area contributed by atoms with Gasteiger partial charge in [0.15, 0.2) is 0 Å². The smallest absolute Gasteiger partial charge is 0.149 e. The first-order valence-corrected chi connectivity index (χ1v) is 6.99. The Morgan fingerprint density at radius 3 is 2.21 bits per heavy atom. The van der Waals surface area contributed by atoms with Crippen molar-refractivity contribution in [3.8, 4) is 0 Å².